The second-order valence-electron chi connectivity index (χ2n) is 7.35. The summed E-state index contributed by atoms with van der Waals surface area (Å²) in [6, 6.07) is 6.47. The Hall–Kier alpha value is -2.14. The van der Waals surface area contributed by atoms with E-state index in [4.69, 9.17) is 11.6 Å². The number of aromatic nitrogens is 2. The highest BCUT2D eigenvalue weighted by molar-refractivity contribution is 6.28. The van der Waals surface area contributed by atoms with E-state index in [1.165, 1.54) is 11.1 Å². The van der Waals surface area contributed by atoms with Crippen LogP contribution in [0.5, 0.6) is 0 Å². The van der Waals surface area contributed by atoms with Gasteiger partial charge in [-0.2, -0.15) is 4.98 Å². The smallest absolute Gasteiger partial charge is 0.273 e. The molecule has 1 amide bonds. The van der Waals surface area contributed by atoms with Crippen LogP contribution in [0.4, 0.5) is 11.5 Å². The first kappa shape index (κ1) is 18.6. The minimum atomic E-state index is -0.0785. The van der Waals surface area contributed by atoms with E-state index in [-0.39, 0.29) is 23.3 Å². The molecule has 0 unspecified atom stereocenters. The van der Waals surface area contributed by atoms with Gasteiger partial charge in [-0.15, -0.1) is 0 Å². The van der Waals surface area contributed by atoms with Gasteiger partial charge >= 0.3 is 0 Å². The van der Waals surface area contributed by atoms with Gasteiger partial charge in [0.15, 0.2) is 0 Å². The maximum absolute atomic E-state index is 12.8. The van der Waals surface area contributed by atoms with Crippen LogP contribution in [0.25, 0.3) is 0 Å². The largest absolute Gasteiger partial charge is 0.330 e. The summed E-state index contributed by atoms with van der Waals surface area (Å²) in [5, 5.41) is 0.105. The van der Waals surface area contributed by atoms with E-state index >= 15 is 0 Å². The molecular weight excluding hydrogens is 348 g/mol. The predicted octanol–water partition coefficient (Wildman–Crippen LogP) is 4.66. The number of hydrogen-bond acceptors (Lipinski definition) is 4. The van der Waals surface area contributed by atoms with Crippen LogP contribution < -0.4 is 4.90 Å². The van der Waals surface area contributed by atoms with Crippen LogP contribution in [0.1, 0.15) is 54.9 Å². The van der Waals surface area contributed by atoms with Crippen LogP contribution in [0.3, 0.4) is 0 Å². The van der Waals surface area contributed by atoms with Crippen LogP contribution in [-0.4, -0.2) is 32.9 Å². The number of benzene rings is 1. The first-order valence-electron chi connectivity index (χ1n) is 8.95. The van der Waals surface area contributed by atoms with Crippen molar-refractivity contribution in [3.8, 4) is 0 Å². The van der Waals surface area contributed by atoms with Crippen molar-refractivity contribution in [2.24, 2.45) is 0 Å². The van der Waals surface area contributed by atoms with Crippen LogP contribution >= 0.6 is 11.6 Å². The highest BCUT2D eigenvalue weighted by Crippen LogP contribution is 2.37. The van der Waals surface area contributed by atoms with Gasteiger partial charge in [0.05, 0.1) is 6.54 Å². The summed E-state index contributed by atoms with van der Waals surface area (Å²) in [7, 11) is 0. The molecule has 0 atom stereocenters. The lowest BCUT2D eigenvalue weighted by Gasteiger charge is -2.31. The second kappa shape index (κ2) is 6.88. The van der Waals surface area contributed by atoms with Crippen molar-refractivity contribution in [2.75, 3.05) is 4.90 Å². The highest BCUT2D eigenvalue weighted by atomic mass is 35.5. The number of fused-ring (bicyclic) bond motifs is 1. The Kier molecular flexibility index (Phi) is 4.93. The number of amides is 1. The Morgan fingerprint density at radius 1 is 1.15 bits per heavy atom. The molecule has 0 radical (unpaired) electrons. The summed E-state index contributed by atoms with van der Waals surface area (Å²) in [6.45, 7) is 12.9. The zero-order chi connectivity index (χ0) is 19.2. The Labute approximate surface area is 160 Å². The number of carbonyl (C=O) groups is 1. The van der Waals surface area contributed by atoms with Crippen molar-refractivity contribution in [2.45, 2.75) is 60.2 Å². The van der Waals surface area contributed by atoms with Crippen molar-refractivity contribution in [1.82, 2.24) is 14.9 Å². The number of aryl methyl sites for hydroxylation is 1. The molecule has 26 heavy (non-hydrogen) atoms. The summed E-state index contributed by atoms with van der Waals surface area (Å²) >= 11 is 6.21. The van der Waals surface area contributed by atoms with E-state index in [2.05, 4.69) is 54.7 Å². The molecule has 138 valence electrons. The fourth-order valence-electron chi connectivity index (χ4n) is 3.40. The van der Waals surface area contributed by atoms with Crippen LogP contribution in [-0.2, 0) is 6.54 Å². The molecule has 2 heterocycles. The van der Waals surface area contributed by atoms with E-state index in [0.717, 1.165) is 17.1 Å². The molecule has 2 aromatic rings. The molecule has 5 nitrogen and oxygen atoms in total. The first-order valence-corrected chi connectivity index (χ1v) is 9.33. The van der Waals surface area contributed by atoms with Crippen LogP contribution in [0.2, 0.25) is 5.28 Å². The average Bonchev–Trinajstić information content (AvgIpc) is 2.89. The van der Waals surface area contributed by atoms with Gasteiger partial charge in [0.25, 0.3) is 5.91 Å². The number of nitrogens with zero attached hydrogens (tertiary/aromatic N) is 4. The SMILES string of the molecule is Cc1cccc(N(c2nc(Cl)nc3c2CN(C(C)C)C3=O)C(C)C)c1C. The molecule has 0 spiro atoms. The third-order valence-corrected chi connectivity index (χ3v) is 5.12. The topological polar surface area (TPSA) is 49.3 Å². The Morgan fingerprint density at radius 2 is 1.85 bits per heavy atom. The van der Waals surface area contributed by atoms with Gasteiger partial charge in [0.1, 0.15) is 11.5 Å². The van der Waals surface area contributed by atoms with E-state index < -0.39 is 0 Å². The van der Waals surface area contributed by atoms with Crippen molar-refractivity contribution < 1.29 is 4.79 Å². The quantitative estimate of drug-likeness (QED) is 0.732. The summed E-state index contributed by atoms with van der Waals surface area (Å²) < 4.78 is 0. The van der Waals surface area contributed by atoms with E-state index in [1.54, 1.807) is 4.90 Å². The van der Waals surface area contributed by atoms with E-state index in [0.29, 0.717) is 12.2 Å². The van der Waals surface area contributed by atoms with Gasteiger partial charge < -0.3 is 9.80 Å². The minimum Gasteiger partial charge on any atom is -0.330 e. The third kappa shape index (κ3) is 3.05. The van der Waals surface area contributed by atoms with Crippen molar-refractivity contribution in [3.05, 3.63) is 45.9 Å². The Bertz CT molecular complexity index is 863. The third-order valence-electron chi connectivity index (χ3n) is 4.95. The molecular formula is C20H25ClN4O. The molecule has 0 bridgehead atoms. The number of rotatable bonds is 4. The Morgan fingerprint density at radius 3 is 2.46 bits per heavy atom. The molecule has 0 saturated carbocycles. The zero-order valence-electron chi connectivity index (χ0n) is 16.2. The molecule has 1 aromatic heterocycles. The van der Waals surface area contributed by atoms with Crippen LogP contribution in [0.15, 0.2) is 18.2 Å². The number of hydrogen-bond donors (Lipinski definition) is 0. The summed E-state index contributed by atoms with van der Waals surface area (Å²) in [4.78, 5) is 25.5. The zero-order valence-corrected chi connectivity index (χ0v) is 16.9. The predicted molar refractivity (Wildman–Crippen MR) is 105 cm³/mol. The number of halogens is 1. The van der Waals surface area contributed by atoms with Crippen molar-refractivity contribution in [1.29, 1.82) is 0 Å². The molecule has 6 heteroatoms. The van der Waals surface area contributed by atoms with Gasteiger partial charge in [0.2, 0.25) is 5.28 Å². The van der Waals surface area contributed by atoms with Gasteiger partial charge in [-0.1, -0.05) is 12.1 Å². The fraction of sp³-hybridized carbons (Fsp3) is 0.450. The number of anilines is 2. The fourth-order valence-corrected chi connectivity index (χ4v) is 3.56. The standard InChI is InChI=1S/C20H25ClN4O/c1-11(2)24-10-15-17(19(24)26)22-20(21)23-18(15)25(12(3)4)16-9-7-8-13(5)14(16)6/h7-9,11-12H,10H2,1-6H3. The molecule has 1 aromatic carbocycles. The number of carbonyl (C=O) groups excluding carboxylic acids is 1. The normalized spacial score (nSPS) is 13.7. The second-order valence-corrected chi connectivity index (χ2v) is 7.69. The lowest BCUT2D eigenvalue weighted by Crippen LogP contribution is -2.31. The summed E-state index contributed by atoms with van der Waals surface area (Å²) in [6.07, 6.45) is 0. The average molecular weight is 373 g/mol. The van der Waals surface area contributed by atoms with E-state index in [9.17, 15) is 4.79 Å². The molecule has 0 N–H and O–H groups in total. The molecule has 0 fully saturated rings. The van der Waals surface area contributed by atoms with Gasteiger partial charge in [-0.25, -0.2) is 4.98 Å². The van der Waals surface area contributed by atoms with Gasteiger partial charge in [0, 0.05) is 23.3 Å². The van der Waals surface area contributed by atoms with E-state index in [1.807, 2.05) is 19.9 Å². The first-order chi connectivity index (χ1) is 12.2. The molecule has 0 saturated heterocycles. The maximum atomic E-state index is 12.8. The Balaban J connectivity index is 2.21. The highest BCUT2D eigenvalue weighted by Gasteiger charge is 2.36. The van der Waals surface area contributed by atoms with Crippen molar-refractivity contribution in [3.63, 3.8) is 0 Å². The van der Waals surface area contributed by atoms with Gasteiger partial charge in [-0.05, 0) is 70.3 Å². The summed E-state index contributed by atoms with van der Waals surface area (Å²) in [5.41, 5.74) is 4.75. The molecule has 0 aliphatic carbocycles. The molecule has 1 aliphatic rings. The lowest BCUT2D eigenvalue weighted by molar-refractivity contribution is 0.0726. The lowest BCUT2D eigenvalue weighted by atomic mass is 10.1. The van der Waals surface area contributed by atoms with Crippen LogP contribution in [0, 0.1) is 13.8 Å². The van der Waals surface area contributed by atoms with Gasteiger partial charge in [-0.3, -0.25) is 4.79 Å². The monoisotopic (exact) mass is 372 g/mol. The summed E-state index contributed by atoms with van der Waals surface area (Å²) in [5.74, 6) is 0.644. The maximum Gasteiger partial charge on any atom is 0.273 e. The molecule has 1 aliphatic heterocycles. The minimum absolute atomic E-state index is 0.0785. The van der Waals surface area contributed by atoms with Crippen molar-refractivity contribution >= 4 is 29.0 Å². The molecule has 3 rings (SSSR count).